The number of hydrogen-bond donors (Lipinski definition) is 1. The van der Waals surface area contributed by atoms with Crippen molar-refractivity contribution in [3.8, 4) is 0 Å². The van der Waals surface area contributed by atoms with Gasteiger partial charge >= 0.3 is 12.1 Å². The highest BCUT2D eigenvalue weighted by atomic mass is 127. The second-order valence-electron chi connectivity index (χ2n) is 2.31. The highest BCUT2D eigenvalue weighted by molar-refractivity contribution is 14.1. The van der Waals surface area contributed by atoms with Gasteiger partial charge in [-0.3, -0.25) is 4.79 Å². The number of aromatic nitrogens is 1. The maximum Gasteiger partial charge on any atom is 0.471 e. The molecule has 0 aliphatic carbocycles. The summed E-state index contributed by atoms with van der Waals surface area (Å²) in [7, 11) is 0. The van der Waals surface area contributed by atoms with Crippen molar-refractivity contribution in [3.63, 3.8) is 0 Å². The standard InChI is InChI=1S/C7H4F3IN2O/c8-7(9,10)6(14)13-5-2-1-4(11)3-12-5/h1-3H,(H,12,13,14). The number of pyridine rings is 1. The lowest BCUT2D eigenvalue weighted by Gasteiger charge is -2.06. The molecule has 0 fully saturated rings. The SMILES string of the molecule is O=C(Nc1ccc(I)cn1)C(F)(F)F. The Morgan fingerprint density at radius 2 is 2.07 bits per heavy atom. The zero-order valence-corrected chi connectivity index (χ0v) is 8.76. The van der Waals surface area contributed by atoms with E-state index in [9.17, 15) is 18.0 Å². The van der Waals surface area contributed by atoms with Crippen LogP contribution in [0.4, 0.5) is 19.0 Å². The molecule has 0 aliphatic heterocycles. The fraction of sp³-hybridized carbons (Fsp3) is 0.143. The van der Waals surface area contributed by atoms with E-state index in [4.69, 9.17) is 0 Å². The molecule has 0 saturated carbocycles. The van der Waals surface area contributed by atoms with Gasteiger partial charge in [0.05, 0.1) is 0 Å². The van der Waals surface area contributed by atoms with Gasteiger partial charge in [-0.25, -0.2) is 4.98 Å². The van der Waals surface area contributed by atoms with Crippen molar-refractivity contribution < 1.29 is 18.0 Å². The Morgan fingerprint density at radius 1 is 1.43 bits per heavy atom. The topological polar surface area (TPSA) is 42.0 Å². The second-order valence-corrected chi connectivity index (χ2v) is 3.56. The fourth-order valence-corrected chi connectivity index (χ4v) is 0.956. The third-order valence-corrected chi connectivity index (χ3v) is 1.86. The highest BCUT2D eigenvalue weighted by Gasteiger charge is 2.38. The first-order valence-electron chi connectivity index (χ1n) is 3.39. The van der Waals surface area contributed by atoms with Crippen LogP contribution in [-0.4, -0.2) is 17.1 Å². The Hall–Kier alpha value is -0.860. The first-order chi connectivity index (χ1) is 6.39. The van der Waals surface area contributed by atoms with Gasteiger partial charge in [0.25, 0.3) is 0 Å². The lowest BCUT2D eigenvalue weighted by molar-refractivity contribution is -0.167. The third kappa shape index (κ3) is 3.13. The number of rotatable bonds is 1. The lowest BCUT2D eigenvalue weighted by atomic mass is 10.4. The van der Waals surface area contributed by atoms with Gasteiger partial charge in [-0.2, -0.15) is 13.2 Å². The Kier molecular flexibility index (Phi) is 3.29. The number of anilines is 1. The minimum atomic E-state index is -4.88. The van der Waals surface area contributed by atoms with Crippen molar-refractivity contribution in [2.45, 2.75) is 6.18 Å². The van der Waals surface area contributed by atoms with Crippen LogP contribution in [-0.2, 0) is 4.79 Å². The van der Waals surface area contributed by atoms with Crippen LogP contribution in [0.3, 0.4) is 0 Å². The molecular formula is C7H4F3IN2O. The maximum atomic E-state index is 11.8. The summed E-state index contributed by atoms with van der Waals surface area (Å²) in [5.41, 5.74) is 0. The van der Waals surface area contributed by atoms with Crippen LogP contribution in [0, 0.1) is 3.57 Å². The molecule has 1 heterocycles. The summed E-state index contributed by atoms with van der Waals surface area (Å²) in [5.74, 6) is -2.14. The van der Waals surface area contributed by atoms with E-state index in [0.29, 0.717) is 0 Å². The molecule has 0 radical (unpaired) electrons. The molecule has 0 aromatic carbocycles. The highest BCUT2D eigenvalue weighted by Crippen LogP contribution is 2.17. The van der Waals surface area contributed by atoms with Crippen LogP contribution in [0.25, 0.3) is 0 Å². The van der Waals surface area contributed by atoms with Crippen LogP contribution >= 0.6 is 22.6 Å². The van der Waals surface area contributed by atoms with E-state index >= 15 is 0 Å². The van der Waals surface area contributed by atoms with Gasteiger partial charge in [-0.05, 0) is 34.7 Å². The normalized spacial score (nSPS) is 11.1. The number of halogens is 4. The molecule has 7 heteroatoms. The molecule has 0 bridgehead atoms. The van der Waals surface area contributed by atoms with Crippen molar-refractivity contribution >= 4 is 34.3 Å². The largest absolute Gasteiger partial charge is 0.471 e. The molecule has 0 saturated heterocycles. The molecule has 1 aromatic heterocycles. The molecule has 0 aliphatic rings. The smallest absolute Gasteiger partial charge is 0.303 e. The number of carbonyl (C=O) groups excluding carboxylic acids is 1. The average Bonchev–Trinajstić information content (AvgIpc) is 2.07. The third-order valence-electron chi connectivity index (χ3n) is 1.23. The van der Waals surface area contributed by atoms with Gasteiger partial charge in [0, 0.05) is 9.77 Å². The molecule has 0 spiro atoms. The Bertz CT molecular complexity index is 336. The van der Waals surface area contributed by atoms with Gasteiger partial charge in [0.1, 0.15) is 5.82 Å². The van der Waals surface area contributed by atoms with Crippen LogP contribution in [0.5, 0.6) is 0 Å². The van der Waals surface area contributed by atoms with Gasteiger partial charge in [0.15, 0.2) is 0 Å². The number of carbonyl (C=O) groups is 1. The zero-order chi connectivity index (χ0) is 10.8. The van der Waals surface area contributed by atoms with Crippen molar-refractivity contribution in [2.75, 3.05) is 5.32 Å². The first kappa shape index (κ1) is 11.2. The van der Waals surface area contributed by atoms with Crippen molar-refractivity contribution in [1.82, 2.24) is 4.98 Å². The predicted molar refractivity (Wildman–Crippen MR) is 51.6 cm³/mol. The van der Waals surface area contributed by atoms with E-state index in [0.717, 1.165) is 3.57 Å². The average molecular weight is 316 g/mol. The van der Waals surface area contributed by atoms with Gasteiger partial charge in [-0.1, -0.05) is 0 Å². The molecule has 1 aromatic rings. The quantitative estimate of drug-likeness (QED) is 0.807. The number of hydrogen-bond acceptors (Lipinski definition) is 2. The number of nitrogens with zero attached hydrogens (tertiary/aromatic N) is 1. The molecule has 1 rings (SSSR count). The summed E-state index contributed by atoms with van der Waals surface area (Å²) in [6.07, 6.45) is -3.53. The van der Waals surface area contributed by atoms with Crippen LogP contribution < -0.4 is 5.32 Å². The Morgan fingerprint density at radius 3 is 2.50 bits per heavy atom. The summed E-state index contributed by atoms with van der Waals surface area (Å²) < 4.78 is 36.1. The van der Waals surface area contributed by atoms with E-state index < -0.39 is 12.1 Å². The summed E-state index contributed by atoms with van der Waals surface area (Å²) in [5, 5.41) is 1.63. The van der Waals surface area contributed by atoms with Crippen molar-refractivity contribution in [1.29, 1.82) is 0 Å². The Labute approximate surface area is 90.9 Å². The van der Waals surface area contributed by atoms with Gasteiger partial charge in [-0.15, -0.1) is 0 Å². The first-order valence-corrected chi connectivity index (χ1v) is 4.47. The van der Waals surface area contributed by atoms with Crippen LogP contribution in [0.2, 0.25) is 0 Å². The van der Waals surface area contributed by atoms with Crippen LogP contribution in [0.1, 0.15) is 0 Å². The van der Waals surface area contributed by atoms with E-state index in [-0.39, 0.29) is 5.82 Å². The predicted octanol–water partition coefficient (Wildman–Crippen LogP) is 2.19. The molecule has 76 valence electrons. The van der Waals surface area contributed by atoms with Gasteiger partial charge in [0.2, 0.25) is 0 Å². The van der Waals surface area contributed by atoms with Crippen molar-refractivity contribution in [2.24, 2.45) is 0 Å². The van der Waals surface area contributed by atoms with Crippen LogP contribution in [0.15, 0.2) is 18.3 Å². The number of alkyl halides is 3. The van der Waals surface area contributed by atoms with Crippen molar-refractivity contribution in [3.05, 3.63) is 21.9 Å². The Balaban J connectivity index is 2.71. The zero-order valence-electron chi connectivity index (χ0n) is 6.60. The lowest BCUT2D eigenvalue weighted by Crippen LogP contribution is -2.30. The summed E-state index contributed by atoms with van der Waals surface area (Å²) in [6, 6.07) is 2.84. The van der Waals surface area contributed by atoms with E-state index in [1.54, 1.807) is 11.4 Å². The number of amides is 1. The molecule has 1 N–H and O–H groups in total. The molecule has 0 atom stereocenters. The van der Waals surface area contributed by atoms with E-state index in [1.807, 2.05) is 22.6 Å². The van der Waals surface area contributed by atoms with E-state index in [1.165, 1.54) is 12.3 Å². The molecule has 14 heavy (non-hydrogen) atoms. The minimum Gasteiger partial charge on any atom is -0.303 e. The summed E-state index contributed by atoms with van der Waals surface area (Å²) in [4.78, 5) is 14.0. The molecular weight excluding hydrogens is 312 g/mol. The molecule has 3 nitrogen and oxygen atoms in total. The monoisotopic (exact) mass is 316 g/mol. The fourth-order valence-electron chi connectivity index (χ4n) is 0.637. The molecule has 1 amide bonds. The van der Waals surface area contributed by atoms with E-state index in [2.05, 4.69) is 4.98 Å². The maximum absolute atomic E-state index is 11.8. The molecule has 0 unspecified atom stereocenters. The summed E-state index contributed by atoms with van der Waals surface area (Å²) >= 11 is 1.95. The second kappa shape index (κ2) is 4.11. The summed E-state index contributed by atoms with van der Waals surface area (Å²) in [6.45, 7) is 0. The number of nitrogens with one attached hydrogen (secondary N) is 1. The minimum absolute atomic E-state index is 0.118. The van der Waals surface area contributed by atoms with Gasteiger partial charge < -0.3 is 5.32 Å².